The van der Waals surface area contributed by atoms with E-state index in [1.165, 1.54) is 16.0 Å². The third-order valence-corrected chi connectivity index (χ3v) is 6.28. The second-order valence-corrected chi connectivity index (χ2v) is 8.16. The summed E-state index contributed by atoms with van der Waals surface area (Å²) in [5.74, 6) is -1.20. The van der Waals surface area contributed by atoms with Crippen molar-refractivity contribution in [3.05, 3.63) is 55.7 Å². The van der Waals surface area contributed by atoms with Gasteiger partial charge in [-0.25, -0.2) is 0 Å². The van der Waals surface area contributed by atoms with Crippen LogP contribution in [0.3, 0.4) is 0 Å². The summed E-state index contributed by atoms with van der Waals surface area (Å²) in [5, 5.41) is 7.71. The Morgan fingerprint density at radius 1 is 1.25 bits per heavy atom. The number of carbonyl (C=O) groups excluding carboxylic acids is 2. The number of anilines is 1. The minimum absolute atomic E-state index is 0.206. The molecule has 1 aliphatic carbocycles. The Balaban J connectivity index is 1.78. The molecule has 0 radical (unpaired) electrons. The molecule has 4 rings (SSSR count). The lowest BCUT2D eigenvalue weighted by Gasteiger charge is -2.11. The van der Waals surface area contributed by atoms with E-state index in [1.54, 1.807) is 19.2 Å². The summed E-state index contributed by atoms with van der Waals surface area (Å²) in [7, 11) is 1.69. The summed E-state index contributed by atoms with van der Waals surface area (Å²) in [6, 6.07) is 5.44. The van der Waals surface area contributed by atoms with Crippen LogP contribution in [0.5, 0.6) is 0 Å². The highest BCUT2D eigenvalue weighted by molar-refractivity contribution is 7.17. The highest BCUT2D eigenvalue weighted by atomic mass is 32.1. The number of thiophene rings is 1. The maximum atomic E-state index is 12.9. The number of aryl methyl sites for hydroxylation is 3. The number of amides is 2. The molecule has 0 atom stereocenters. The van der Waals surface area contributed by atoms with Gasteiger partial charge >= 0.3 is 0 Å². The third kappa shape index (κ3) is 2.99. The van der Waals surface area contributed by atoms with Crippen LogP contribution in [0.25, 0.3) is 10.9 Å². The smallest absolute Gasteiger partial charge is 0.280 e. The number of primary amides is 1. The van der Waals surface area contributed by atoms with Crippen molar-refractivity contribution in [3.8, 4) is 0 Å². The normalized spacial score (nSPS) is 13.4. The summed E-state index contributed by atoms with van der Waals surface area (Å²) in [6.45, 7) is 1.88. The molecule has 144 valence electrons. The van der Waals surface area contributed by atoms with Crippen LogP contribution in [-0.4, -0.2) is 21.6 Å². The van der Waals surface area contributed by atoms with E-state index in [0.717, 1.165) is 41.7 Å². The van der Waals surface area contributed by atoms with Crippen molar-refractivity contribution < 1.29 is 9.59 Å². The average Bonchev–Trinajstić information content (AvgIpc) is 3.02. The molecule has 0 bridgehead atoms. The zero-order chi connectivity index (χ0) is 20.0. The Kier molecular flexibility index (Phi) is 4.50. The SMILES string of the molecule is Cc1ccc2c(c1)c(=O)c(C(=O)Nc1sc3c(c1C(N)=O)CCCC3)nn2C. The lowest BCUT2D eigenvalue weighted by Crippen LogP contribution is -2.27. The van der Waals surface area contributed by atoms with Crippen LogP contribution in [0.1, 0.15) is 49.7 Å². The first-order chi connectivity index (χ1) is 13.4. The molecule has 2 heterocycles. The summed E-state index contributed by atoms with van der Waals surface area (Å²) < 4.78 is 1.51. The van der Waals surface area contributed by atoms with Gasteiger partial charge in [0.15, 0.2) is 5.69 Å². The molecular formula is C20H20N4O3S. The Labute approximate surface area is 165 Å². The summed E-state index contributed by atoms with van der Waals surface area (Å²) in [6.07, 6.45) is 3.68. The molecule has 28 heavy (non-hydrogen) atoms. The van der Waals surface area contributed by atoms with Crippen LogP contribution in [0.15, 0.2) is 23.0 Å². The fourth-order valence-corrected chi connectivity index (χ4v) is 5.01. The van der Waals surface area contributed by atoms with Crippen molar-refractivity contribution in [2.24, 2.45) is 12.8 Å². The van der Waals surface area contributed by atoms with Gasteiger partial charge in [-0.2, -0.15) is 5.10 Å². The highest BCUT2D eigenvalue weighted by Crippen LogP contribution is 2.38. The van der Waals surface area contributed by atoms with E-state index in [4.69, 9.17) is 5.73 Å². The number of carbonyl (C=O) groups is 2. The maximum Gasteiger partial charge on any atom is 0.280 e. The number of aromatic nitrogens is 2. The van der Waals surface area contributed by atoms with Gasteiger partial charge in [0.1, 0.15) is 5.00 Å². The Bertz CT molecular complexity index is 1190. The minimum atomic E-state index is -0.634. The molecule has 0 saturated heterocycles. The van der Waals surface area contributed by atoms with Crippen LogP contribution >= 0.6 is 11.3 Å². The minimum Gasteiger partial charge on any atom is -0.365 e. The van der Waals surface area contributed by atoms with Gasteiger partial charge in [-0.1, -0.05) is 11.6 Å². The second kappa shape index (κ2) is 6.87. The monoisotopic (exact) mass is 396 g/mol. The topological polar surface area (TPSA) is 107 Å². The number of nitrogens with two attached hydrogens (primary N) is 1. The molecule has 2 aromatic heterocycles. The summed E-state index contributed by atoms with van der Waals surface area (Å²) in [5.41, 5.74) is 7.79. The van der Waals surface area contributed by atoms with Gasteiger partial charge in [0, 0.05) is 11.9 Å². The van der Waals surface area contributed by atoms with Crippen LogP contribution in [0.2, 0.25) is 0 Å². The molecule has 0 unspecified atom stereocenters. The van der Waals surface area contributed by atoms with E-state index in [9.17, 15) is 14.4 Å². The van der Waals surface area contributed by atoms with Crippen molar-refractivity contribution in [1.82, 2.24) is 9.78 Å². The molecule has 0 fully saturated rings. The van der Waals surface area contributed by atoms with Crippen LogP contribution in [0.4, 0.5) is 5.00 Å². The van der Waals surface area contributed by atoms with Gasteiger partial charge in [-0.3, -0.25) is 19.1 Å². The van der Waals surface area contributed by atoms with E-state index >= 15 is 0 Å². The first kappa shape index (κ1) is 18.4. The van der Waals surface area contributed by atoms with Gasteiger partial charge in [0.05, 0.1) is 16.5 Å². The van der Waals surface area contributed by atoms with Crippen LogP contribution in [-0.2, 0) is 19.9 Å². The molecule has 3 N–H and O–H groups in total. The molecule has 1 aromatic carbocycles. The fraction of sp³-hybridized carbons (Fsp3) is 0.300. The molecule has 0 saturated carbocycles. The van der Waals surface area contributed by atoms with E-state index in [-0.39, 0.29) is 5.69 Å². The average molecular weight is 396 g/mol. The van der Waals surface area contributed by atoms with Crippen molar-refractivity contribution in [2.75, 3.05) is 5.32 Å². The van der Waals surface area contributed by atoms with E-state index in [1.807, 2.05) is 13.0 Å². The molecule has 7 nitrogen and oxygen atoms in total. The lowest BCUT2D eigenvalue weighted by molar-refractivity contribution is 0.100. The van der Waals surface area contributed by atoms with E-state index < -0.39 is 17.2 Å². The number of benzene rings is 1. The quantitative estimate of drug-likeness (QED) is 0.709. The zero-order valence-corrected chi connectivity index (χ0v) is 16.5. The predicted molar refractivity (Wildman–Crippen MR) is 109 cm³/mol. The maximum absolute atomic E-state index is 12.9. The van der Waals surface area contributed by atoms with Crippen LogP contribution < -0.4 is 16.5 Å². The fourth-order valence-electron chi connectivity index (χ4n) is 3.72. The standard InChI is InChI=1S/C20H20N4O3S/c1-10-7-8-13-12(9-10)17(25)16(23-24(13)2)19(27)22-20-15(18(21)26)11-5-3-4-6-14(11)28-20/h7-9H,3-6H2,1-2H3,(H2,21,26)(H,22,27). The lowest BCUT2D eigenvalue weighted by atomic mass is 9.95. The molecule has 8 heteroatoms. The second-order valence-electron chi connectivity index (χ2n) is 7.06. The summed E-state index contributed by atoms with van der Waals surface area (Å²) >= 11 is 1.36. The van der Waals surface area contributed by atoms with Gasteiger partial charge < -0.3 is 11.1 Å². The molecule has 1 aliphatic rings. The predicted octanol–water partition coefficient (Wildman–Crippen LogP) is 2.53. The zero-order valence-electron chi connectivity index (χ0n) is 15.7. The molecule has 3 aromatic rings. The van der Waals surface area contributed by atoms with E-state index in [0.29, 0.717) is 21.5 Å². The Morgan fingerprint density at radius 2 is 2.00 bits per heavy atom. The number of hydrogen-bond acceptors (Lipinski definition) is 5. The summed E-state index contributed by atoms with van der Waals surface area (Å²) in [4.78, 5) is 38.8. The van der Waals surface area contributed by atoms with Gasteiger partial charge in [-0.15, -0.1) is 11.3 Å². The molecule has 0 spiro atoms. The largest absolute Gasteiger partial charge is 0.365 e. The third-order valence-electron chi connectivity index (χ3n) is 5.07. The Hall–Kier alpha value is -3.00. The number of rotatable bonds is 3. The number of nitrogens with one attached hydrogen (secondary N) is 1. The Morgan fingerprint density at radius 3 is 2.75 bits per heavy atom. The van der Waals surface area contributed by atoms with Crippen molar-refractivity contribution in [3.63, 3.8) is 0 Å². The van der Waals surface area contributed by atoms with Crippen molar-refractivity contribution in [2.45, 2.75) is 32.6 Å². The first-order valence-electron chi connectivity index (χ1n) is 9.10. The number of nitrogens with zero attached hydrogens (tertiary/aromatic N) is 2. The van der Waals surface area contributed by atoms with Gasteiger partial charge in [0.25, 0.3) is 11.8 Å². The van der Waals surface area contributed by atoms with Crippen LogP contribution in [0, 0.1) is 6.92 Å². The first-order valence-corrected chi connectivity index (χ1v) is 9.92. The van der Waals surface area contributed by atoms with Crippen molar-refractivity contribution in [1.29, 1.82) is 0 Å². The number of hydrogen-bond donors (Lipinski definition) is 2. The van der Waals surface area contributed by atoms with Crippen molar-refractivity contribution >= 4 is 39.1 Å². The van der Waals surface area contributed by atoms with Gasteiger partial charge in [0.2, 0.25) is 5.43 Å². The highest BCUT2D eigenvalue weighted by Gasteiger charge is 2.26. The molecule has 0 aliphatic heterocycles. The van der Waals surface area contributed by atoms with E-state index in [2.05, 4.69) is 10.4 Å². The molecular weight excluding hydrogens is 376 g/mol. The number of fused-ring (bicyclic) bond motifs is 2. The molecule has 2 amide bonds. The van der Waals surface area contributed by atoms with Gasteiger partial charge in [-0.05, 0) is 50.3 Å².